The van der Waals surface area contributed by atoms with E-state index in [2.05, 4.69) is 21.2 Å². The lowest BCUT2D eigenvalue weighted by Crippen LogP contribution is -2.31. The van der Waals surface area contributed by atoms with Gasteiger partial charge in [-0.25, -0.2) is 0 Å². The number of nitrogens with one attached hydrogen (secondary N) is 1. The second-order valence-electron chi connectivity index (χ2n) is 4.75. The molecular weight excluding hydrogens is 398 g/mol. The SMILES string of the molecule is O=C(CNC(=O)c1ccc(Br)cc1)OCC(=O)c1ccccc1Cl. The van der Waals surface area contributed by atoms with Crippen molar-refractivity contribution in [1.29, 1.82) is 0 Å². The van der Waals surface area contributed by atoms with Gasteiger partial charge in [0.15, 0.2) is 6.61 Å². The summed E-state index contributed by atoms with van der Waals surface area (Å²) in [6, 6.07) is 13.2. The van der Waals surface area contributed by atoms with E-state index in [0.29, 0.717) is 10.6 Å². The van der Waals surface area contributed by atoms with E-state index in [9.17, 15) is 14.4 Å². The zero-order chi connectivity index (χ0) is 17.5. The van der Waals surface area contributed by atoms with Gasteiger partial charge in [-0.05, 0) is 36.4 Å². The van der Waals surface area contributed by atoms with Crippen molar-refractivity contribution in [2.24, 2.45) is 0 Å². The van der Waals surface area contributed by atoms with Crippen molar-refractivity contribution in [1.82, 2.24) is 5.32 Å². The average Bonchev–Trinajstić information content (AvgIpc) is 2.58. The number of Topliss-reactive ketones (excluding diaryl/α,β-unsaturated/α-hetero) is 1. The second kappa shape index (κ2) is 8.61. The van der Waals surface area contributed by atoms with Crippen LogP contribution in [0.1, 0.15) is 20.7 Å². The molecule has 2 aromatic rings. The van der Waals surface area contributed by atoms with Crippen LogP contribution in [0.25, 0.3) is 0 Å². The predicted octanol–water partition coefficient (Wildman–Crippen LogP) is 3.26. The van der Waals surface area contributed by atoms with Crippen LogP contribution < -0.4 is 5.32 Å². The quantitative estimate of drug-likeness (QED) is 0.586. The van der Waals surface area contributed by atoms with Crippen molar-refractivity contribution >= 4 is 45.2 Å². The number of halogens is 2. The summed E-state index contributed by atoms with van der Waals surface area (Å²) >= 11 is 9.16. The first kappa shape index (κ1) is 18.2. The number of carbonyl (C=O) groups excluding carboxylic acids is 3. The molecule has 0 fully saturated rings. The summed E-state index contributed by atoms with van der Waals surface area (Å²) in [5, 5.41) is 2.72. The van der Waals surface area contributed by atoms with Crippen LogP contribution in [-0.4, -0.2) is 30.8 Å². The van der Waals surface area contributed by atoms with Crippen molar-refractivity contribution in [3.05, 3.63) is 69.2 Å². The molecule has 0 aromatic heterocycles. The van der Waals surface area contributed by atoms with E-state index in [0.717, 1.165) is 4.47 Å². The van der Waals surface area contributed by atoms with Gasteiger partial charge in [0.05, 0.1) is 5.02 Å². The summed E-state index contributed by atoms with van der Waals surface area (Å²) in [6.45, 7) is -0.762. The number of rotatable bonds is 6. The molecule has 7 heteroatoms. The van der Waals surface area contributed by atoms with E-state index in [4.69, 9.17) is 16.3 Å². The average molecular weight is 411 g/mol. The molecule has 124 valence electrons. The van der Waals surface area contributed by atoms with Gasteiger partial charge in [-0.15, -0.1) is 0 Å². The number of amides is 1. The number of benzene rings is 2. The van der Waals surface area contributed by atoms with Crippen LogP contribution in [0.4, 0.5) is 0 Å². The topological polar surface area (TPSA) is 72.5 Å². The molecule has 0 atom stereocenters. The monoisotopic (exact) mass is 409 g/mol. The third-order valence-corrected chi connectivity index (χ3v) is 3.90. The fraction of sp³-hybridized carbons (Fsp3) is 0.118. The summed E-state index contributed by atoms with van der Waals surface area (Å²) in [5.74, 6) is -1.52. The van der Waals surface area contributed by atoms with Crippen molar-refractivity contribution in [2.45, 2.75) is 0 Å². The Bertz CT molecular complexity index is 761. The van der Waals surface area contributed by atoms with Crippen molar-refractivity contribution < 1.29 is 19.1 Å². The van der Waals surface area contributed by atoms with Gasteiger partial charge in [0.25, 0.3) is 5.91 Å². The van der Waals surface area contributed by atoms with Gasteiger partial charge in [-0.2, -0.15) is 0 Å². The van der Waals surface area contributed by atoms with E-state index < -0.39 is 24.3 Å². The van der Waals surface area contributed by atoms with Crippen LogP contribution in [0, 0.1) is 0 Å². The summed E-state index contributed by atoms with van der Waals surface area (Å²) in [7, 11) is 0. The van der Waals surface area contributed by atoms with Gasteiger partial charge in [-0.1, -0.05) is 39.7 Å². The lowest BCUT2D eigenvalue weighted by molar-refractivity contribution is -0.141. The summed E-state index contributed by atoms with van der Waals surface area (Å²) in [4.78, 5) is 35.4. The number of ether oxygens (including phenoxy) is 1. The van der Waals surface area contributed by atoms with Gasteiger partial charge < -0.3 is 10.1 Å². The minimum absolute atomic E-state index is 0.283. The molecule has 0 aliphatic carbocycles. The Kier molecular flexibility index (Phi) is 6.52. The number of esters is 1. The first-order valence-electron chi connectivity index (χ1n) is 6.94. The lowest BCUT2D eigenvalue weighted by atomic mass is 10.1. The molecule has 2 aromatic carbocycles. The number of hydrogen-bond donors (Lipinski definition) is 1. The molecule has 0 spiro atoms. The number of carbonyl (C=O) groups is 3. The fourth-order valence-corrected chi connectivity index (χ4v) is 2.32. The van der Waals surface area contributed by atoms with Crippen molar-refractivity contribution in [3.63, 3.8) is 0 Å². The molecule has 2 rings (SSSR count). The molecule has 0 unspecified atom stereocenters. The maximum atomic E-state index is 11.9. The summed E-state index contributed by atoms with van der Waals surface area (Å²) in [5.41, 5.74) is 0.698. The largest absolute Gasteiger partial charge is 0.456 e. The third-order valence-electron chi connectivity index (χ3n) is 3.04. The molecule has 0 heterocycles. The van der Waals surface area contributed by atoms with Crippen LogP contribution in [0.3, 0.4) is 0 Å². The first-order valence-corrected chi connectivity index (χ1v) is 8.11. The molecule has 24 heavy (non-hydrogen) atoms. The van der Waals surface area contributed by atoms with E-state index in [1.165, 1.54) is 0 Å². The molecule has 0 saturated carbocycles. The summed E-state index contributed by atoms with van der Waals surface area (Å²) in [6.07, 6.45) is 0. The van der Waals surface area contributed by atoms with E-state index in [1.54, 1.807) is 48.5 Å². The van der Waals surface area contributed by atoms with Crippen LogP contribution in [0.5, 0.6) is 0 Å². The Hall–Kier alpha value is -2.18. The van der Waals surface area contributed by atoms with Gasteiger partial charge in [0.2, 0.25) is 5.78 Å². The van der Waals surface area contributed by atoms with E-state index in [-0.39, 0.29) is 12.1 Å². The zero-order valence-corrected chi connectivity index (χ0v) is 14.8. The molecule has 5 nitrogen and oxygen atoms in total. The van der Waals surface area contributed by atoms with Gasteiger partial charge in [0, 0.05) is 15.6 Å². The standard InChI is InChI=1S/C17H13BrClNO4/c18-12-7-5-11(6-8-12)17(23)20-9-16(22)24-10-15(21)13-3-1-2-4-14(13)19/h1-8H,9-10H2,(H,20,23). The van der Waals surface area contributed by atoms with Gasteiger partial charge in [-0.3, -0.25) is 14.4 Å². The molecule has 0 aliphatic heterocycles. The molecule has 0 saturated heterocycles. The van der Waals surface area contributed by atoms with Crippen molar-refractivity contribution in [3.8, 4) is 0 Å². The van der Waals surface area contributed by atoms with Gasteiger partial charge >= 0.3 is 5.97 Å². The molecular formula is C17H13BrClNO4. The highest BCUT2D eigenvalue weighted by molar-refractivity contribution is 9.10. The maximum Gasteiger partial charge on any atom is 0.325 e. The van der Waals surface area contributed by atoms with Crippen LogP contribution in [-0.2, 0) is 9.53 Å². The third kappa shape index (κ3) is 5.18. The number of hydrogen-bond acceptors (Lipinski definition) is 4. The minimum Gasteiger partial charge on any atom is -0.456 e. The lowest BCUT2D eigenvalue weighted by Gasteiger charge is -2.07. The molecule has 0 aliphatic rings. The van der Waals surface area contributed by atoms with E-state index >= 15 is 0 Å². The molecule has 0 bridgehead atoms. The Morgan fingerprint density at radius 1 is 1.04 bits per heavy atom. The minimum atomic E-state index is -0.708. The molecule has 0 radical (unpaired) electrons. The Balaban J connectivity index is 1.79. The number of ketones is 1. The maximum absolute atomic E-state index is 11.9. The molecule has 1 N–H and O–H groups in total. The van der Waals surface area contributed by atoms with Crippen LogP contribution >= 0.6 is 27.5 Å². The molecule has 1 amide bonds. The first-order chi connectivity index (χ1) is 11.5. The predicted molar refractivity (Wildman–Crippen MR) is 93.2 cm³/mol. The van der Waals surface area contributed by atoms with E-state index in [1.807, 2.05) is 0 Å². The van der Waals surface area contributed by atoms with Crippen LogP contribution in [0.15, 0.2) is 53.0 Å². The fourth-order valence-electron chi connectivity index (χ4n) is 1.82. The Labute approximate surface area is 152 Å². The highest BCUT2D eigenvalue weighted by atomic mass is 79.9. The van der Waals surface area contributed by atoms with Crippen molar-refractivity contribution in [2.75, 3.05) is 13.2 Å². The second-order valence-corrected chi connectivity index (χ2v) is 6.08. The Morgan fingerprint density at radius 2 is 1.71 bits per heavy atom. The summed E-state index contributed by atoms with van der Waals surface area (Å²) < 4.78 is 5.69. The Morgan fingerprint density at radius 3 is 2.38 bits per heavy atom. The zero-order valence-electron chi connectivity index (χ0n) is 12.4. The highest BCUT2D eigenvalue weighted by Gasteiger charge is 2.13. The highest BCUT2D eigenvalue weighted by Crippen LogP contribution is 2.15. The van der Waals surface area contributed by atoms with Gasteiger partial charge in [0.1, 0.15) is 6.54 Å². The smallest absolute Gasteiger partial charge is 0.325 e. The normalized spacial score (nSPS) is 10.1. The van der Waals surface area contributed by atoms with Crippen LogP contribution in [0.2, 0.25) is 5.02 Å².